The molecule has 1 heterocycles. The number of para-hydroxylation sites is 1. The van der Waals surface area contributed by atoms with Crippen molar-refractivity contribution in [3.05, 3.63) is 36.0 Å². The van der Waals surface area contributed by atoms with Gasteiger partial charge in [-0.05, 0) is 39.8 Å². The standard InChI is InChI=1S/C15H19N3O2.ClH/c1-10-9-13(11-7-5-6-8-12(11)16-10)17-18-14(19)20-15(2,3)4;/h5-9H,1-4H3,(H,16,17)(H,18,19);1H. The number of benzene rings is 1. The van der Waals surface area contributed by atoms with Gasteiger partial charge in [-0.1, -0.05) is 18.2 Å². The molecule has 0 aliphatic heterocycles. The van der Waals surface area contributed by atoms with E-state index < -0.39 is 11.7 Å². The minimum Gasteiger partial charge on any atom is -0.443 e. The number of aryl methyl sites for hydroxylation is 1. The van der Waals surface area contributed by atoms with Gasteiger partial charge in [-0.3, -0.25) is 10.4 Å². The van der Waals surface area contributed by atoms with Crippen molar-refractivity contribution < 1.29 is 9.53 Å². The molecule has 2 rings (SSSR count). The number of hydrogen-bond donors (Lipinski definition) is 2. The summed E-state index contributed by atoms with van der Waals surface area (Å²) in [7, 11) is 0. The largest absolute Gasteiger partial charge is 0.443 e. The number of fused-ring (bicyclic) bond motifs is 1. The van der Waals surface area contributed by atoms with Gasteiger partial charge in [0.2, 0.25) is 0 Å². The Morgan fingerprint density at radius 2 is 1.90 bits per heavy atom. The first-order chi connectivity index (χ1) is 9.35. The van der Waals surface area contributed by atoms with E-state index >= 15 is 0 Å². The van der Waals surface area contributed by atoms with E-state index in [4.69, 9.17) is 4.74 Å². The van der Waals surface area contributed by atoms with E-state index in [2.05, 4.69) is 15.8 Å². The maximum absolute atomic E-state index is 11.6. The second-order valence-electron chi connectivity index (χ2n) is 5.58. The molecule has 0 fully saturated rings. The Labute approximate surface area is 130 Å². The summed E-state index contributed by atoms with van der Waals surface area (Å²) in [6, 6.07) is 9.61. The molecular formula is C15H20ClN3O2. The van der Waals surface area contributed by atoms with Crippen LogP contribution < -0.4 is 10.9 Å². The minimum atomic E-state index is -0.526. The molecule has 0 aliphatic carbocycles. The van der Waals surface area contributed by atoms with Crippen LogP contribution in [0.25, 0.3) is 10.9 Å². The number of ether oxygens (including phenoxy) is 1. The number of anilines is 1. The average Bonchev–Trinajstić information content (AvgIpc) is 2.33. The van der Waals surface area contributed by atoms with Crippen molar-refractivity contribution in [1.29, 1.82) is 0 Å². The fourth-order valence-corrected chi connectivity index (χ4v) is 1.83. The summed E-state index contributed by atoms with van der Waals surface area (Å²) in [5.74, 6) is 0. The van der Waals surface area contributed by atoms with Crippen LogP contribution in [0.1, 0.15) is 26.5 Å². The Morgan fingerprint density at radius 3 is 2.57 bits per heavy atom. The fourth-order valence-electron chi connectivity index (χ4n) is 1.83. The lowest BCUT2D eigenvalue weighted by Crippen LogP contribution is -2.35. The lowest BCUT2D eigenvalue weighted by atomic mass is 10.1. The third-order valence-corrected chi connectivity index (χ3v) is 2.54. The smallest absolute Gasteiger partial charge is 0.426 e. The zero-order valence-corrected chi connectivity index (χ0v) is 13.4. The lowest BCUT2D eigenvalue weighted by molar-refractivity contribution is 0.0541. The van der Waals surface area contributed by atoms with Crippen LogP contribution in [0.3, 0.4) is 0 Å². The van der Waals surface area contributed by atoms with Crippen LogP contribution in [-0.4, -0.2) is 16.7 Å². The van der Waals surface area contributed by atoms with E-state index in [0.29, 0.717) is 0 Å². The van der Waals surface area contributed by atoms with E-state index in [-0.39, 0.29) is 12.4 Å². The van der Waals surface area contributed by atoms with Crippen molar-refractivity contribution in [3.8, 4) is 0 Å². The number of hydrazine groups is 1. The number of rotatable bonds is 2. The molecule has 1 aromatic heterocycles. The second kappa shape index (κ2) is 6.63. The number of nitrogens with zero attached hydrogens (tertiary/aromatic N) is 1. The number of hydrogen-bond acceptors (Lipinski definition) is 4. The first kappa shape index (κ1) is 17.0. The van der Waals surface area contributed by atoms with Gasteiger partial charge in [0.05, 0.1) is 11.2 Å². The van der Waals surface area contributed by atoms with Crippen LogP contribution in [0.5, 0.6) is 0 Å². The molecule has 1 aromatic carbocycles. The molecule has 0 atom stereocenters. The molecule has 0 spiro atoms. The van der Waals surface area contributed by atoms with E-state index in [9.17, 15) is 4.79 Å². The van der Waals surface area contributed by atoms with Gasteiger partial charge in [0, 0.05) is 11.1 Å². The van der Waals surface area contributed by atoms with Crippen molar-refractivity contribution >= 4 is 35.1 Å². The normalized spacial score (nSPS) is 10.7. The third-order valence-electron chi connectivity index (χ3n) is 2.54. The van der Waals surface area contributed by atoms with Crippen LogP contribution in [0, 0.1) is 6.92 Å². The van der Waals surface area contributed by atoms with Crippen LogP contribution in [0.2, 0.25) is 0 Å². The summed E-state index contributed by atoms with van der Waals surface area (Å²) in [6.07, 6.45) is -0.518. The van der Waals surface area contributed by atoms with Gasteiger partial charge >= 0.3 is 6.09 Å². The Balaban J connectivity index is 0.00000220. The maximum Gasteiger partial charge on any atom is 0.426 e. The van der Waals surface area contributed by atoms with Crippen molar-refractivity contribution in [2.24, 2.45) is 0 Å². The lowest BCUT2D eigenvalue weighted by Gasteiger charge is -2.20. The highest BCUT2D eigenvalue weighted by atomic mass is 35.5. The summed E-state index contributed by atoms with van der Waals surface area (Å²) in [6.45, 7) is 7.36. The first-order valence-corrected chi connectivity index (χ1v) is 6.46. The molecule has 1 amide bonds. The van der Waals surface area contributed by atoms with Gasteiger partial charge in [-0.15, -0.1) is 12.4 Å². The molecule has 0 aliphatic rings. The van der Waals surface area contributed by atoms with Crippen LogP contribution in [0.4, 0.5) is 10.5 Å². The quantitative estimate of drug-likeness (QED) is 0.828. The number of nitrogens with one attached hydrogen (secondary N) is 2. The molecule has 0 saturated carbocycles. The summed E-state index contributed by atoms with van der Waals surface area (Å²) in [5.41, 5.74) is 7.44. The summed E-state index contributed by atoms with van der Waals surface area (Å²) < 4.78 is 5.17. The van der Waals surface area contributed by atoms with Crippen molar-refractivity contribution in [2.75, 3.05) is 5.43 Å². The third kappa shape index (κ3) is 4.79. The number of carbonyl (C=O) groups is 1. The number of pyridine rings is 1. The van der Waals surface area contributed by atoms with Gasteiger partial charge < -0.3 is 4.74 Å². The first-order valence-electron chi connectivity index (χ1n) is 6.46. The van der Waals surface area contributed by atoms with Gasteiger partial charge in [-0.2, -0.15) is 0 Å². The molecule has 6 heteroatoms. The van der Waals surface area contributed by atoms with Crippen LogP contribution >= 0.6 is 12.4 Å². The Morgan fingerprint density at radius 1 is 1.24 bits per heavy atom. The average molecular weight is 310 g/mol. The van der Waals surface area contributed by atoms with Crippen molar-refractivity contribution in [3.63, 3.8) is 0 Å². The molecule has 114 valence electrons. The molecule has 0 radical (unpaired) electrons. The predicted octanol–water partition coefficient (Wildman–Crippen LogP) is 3.82. The highest BCUT2D eigenvalue weighted by Crippen LogP contribution is 2.22. The molecule has 2 aromatic rings. The van der Waals surface area contributed by atoms with Gasteiger partial charge in [0.1, 0.15) is 5.60 Å². The highest BCUT2D eigenvalue weighted by molar-refractivity contribution is 5.91. The predicted molar refractivity (Wildman–Crippen MR) is 86.7 cm³/mol. The number of halogens is 1. The van der Waals surface area contributed by atoms with E-state index in [1.54, 1.807) is 0 Å². The fraction of sp³-hybridized carbons (Fsp3) is 0.333. The van der Waals surface area contributed by atoms with Gasteiger partial charge in [0.25, 0.3) is 0 Å². The number of aromatic nitrogens is 1. The summed E-state index contributed by atoms with van der Waals surface area (Å²) in [4.78, 5) is 16.1. The summed E-state index contributed by atoms with van der Waals surface area (Å²) >= 11 is 0. The Hall–Kier alpha value is -2.01. The van der Waals surface area contributed by atoms with E-state index in [0.717, 1.165) is 22.3 Å². The molecule has 5 nitrogen and oxygen atoms in total. The van der Waals surface area contributed by atoms with Crippen molar-refractivity contribution in [1.82, 2.24) is 10.4 Å². The summed E-state index contributed by atoms with van der Waals surface area (Å²) in [5, 5.41) is 0.939. The monoisotopic (exact) mass is 309 g/mol. The molecule has 0 bridgehead atoms. The zero-order valence-electron chi connectivity index (χ0n) is 12.6. The van der Waals surface area contributed by atoms with Crippen molar-refractivity contribution in [2.45, 2.75) is 33.3 Å². The van der Waals surface area contributed by atoms with Crippen LogP contribution in [-0.2, 0) is 4.74 Å². The van der Waals surface area contributed by atoms with Gasteiger partial charge in [0.15, 0.2) is 0 Å². The zero-order chi connectivity index (χ0) is 14.8. The van der Waals surface area contributed by atoms with E-state index in [1.807, 2.05) is 58.0 Å². The molecule has 21 heavy (non-hydrogen) atoms. The topological polar surface area (TPSA) is 63.2 Å². The van der Waals surface area contributed by atoms with E-state index in [1.165, 1.54) is 0 Å². The number of carbonyl (C=O) groups excluding carboxylic acids is 1. The maximum atomic E-state index is 11.6. The second-order valence-corrected chi connectivity index (χ2v) is 5.58. The Kier molecular flexibility index (Phi) is 5.38. The minimum absolute atomic E-state index is 0. The molecular weight excluding hydrogens is 290 g/mol. The van der Waals surface area contributed by atoms with Crippen LogP contribution in [0.15, 0.2) is 30.3 Å². The molecule has 0 saturated heterocycles. The highest BCUT2D eigenvalue weighted by Gasteiger charge is 2.16. The van der Waals surface area contributed by atoms with Gasteiger partial charge in [-0.25, -0.2) is 10.2 Å². The molecule has 0 unspecified atom stereocenters. The molecule has 2 N–H and O–H groups in total. The Bertz CT molecular complexity index is 638. The number of amides is 1. The SMILES string of the molecule is Cc1cc(NNC(=O)OC(C)(C)C)c2ccccc2n1.Cl.